The molecule has 2 aromatic rings. The van der Waals surface area contributed by atoms with Gasteiger partial charge in [0.1, 0.15) is 5.82 Å². The molecule has 0 amide bonds. The van der Waals surface area contributed by atoms with E-state index in [4.69, 9.17) is 4.99 Å². The van der Waals surface area contributed by atoms with Crippen LogP contribution in [-0.4, -0.2) is 58.9 Å². The fourth-order valence-electron chi connectivity index (χ4n) is 3.59. The molecule has 2 heterocycles. The molecule has 30 heavy (non-hydrogen) atoms. The first-order valence-electron chi connectivity index (χ1n) is 10.6. The van der Waals surface area contributed by atoms with Crippen molar-refractivity contribution >= 4 is 29.9 Å². The zero-order valence-electron chi connectivity index (χ0n) is 18.1. The molecule has 1 aromatic heterocycles. The summed E-state index contributed by atoms with van der Waals surface area (Å²) in [6.07, 6.45) is 4.95. The van der Waals surface area contributed by atoms with E-state index in [2.05, 4.69) is 41.4 Å². The molecule has 0 radical (unpaired) electrons. The number of aromatic nitrogens is 2. The van der Waals surface area contributed by atoms with Gasteiger partial charge in [-0.15, -0.1) is 24.0 Å². The number of nitrogens with one attached hydrogen (secondary N) is 2. The van der Waals surface area contributed by atoms with Crippen LogP contribution >= 0.6 is 24.0 Å². The molecule has 1 aliphatic rings. The van der Waals surface area contributed by atoms with Gasteiger partial charge in [0.15, 0.2) is 5.96 Å². The maximum atomic E-state index is 13.1. The third-order valence-corrected chi connectivity index (χ3v) is 5.32. The lowest BCUT2D eigenvalue weighted by atomic mass is 10.0. The lowest BCUT2D eigenvalue weighted by molar-refractivity contribution is 0.167. The zero-order valence-corrected chi connectivity index (χ0v) is 20.5. The van der Waals surface area contributed by atoms with E-state index in [1.807, 2.05) is 12.3 Å². The second kappa shape index (κ2) is 12.2. The number of rotatable bonds is 7. The Kier molecular flexibility index (Phi) is 10.0. The highest BCUT2D eigenvalue weighted by molar-refractivity contribution is 14.0. The molecular formula is C22H34FIN6. The van der Waals surface area contributed by atoms with Crippen LogP contribution in [0.2, 0.25) is 0 Å². The maximum absolute atomic E-state index is 13.1. The van der Waals surface area contributed by atoms with Crippen LogP contribution < -0.4 is 10.6 Å². The zero-order chi connectivity index (χ0) is 20.6. The largest absolute Gasteiger partial charge is 0.357 e. The lowest BCUT2D eigenvalue weighted by Crippen LogP contribution is -2.49. The van der Waals surface area contributed by atoms with Crippen LogP contribution in [-0.2, 0) is 6.42 Å². The van der Waals surface area contributed by atoms with Crippen LogP contribution in [0.5, 0.6) is 0 Å². The van der Waals surface area contributed by atoms with Crippen molar-refractivity contribution in [3.05, 3.63) is 48.0 Å². The monoisotopic (exact) mass is 528 g/mol. The van der Waals surface area contributed by atoms with Crippen molar-refractivity contribution in [1.82, 2.24) is 25.3 Å². The Morgan fingerprint density at radius 1 is 1.20 bits per heavy atom. The Labute approximate surface area is 196 Å². The molecular weight excluding hydrogens is 494 g/mol. The van der Waals surface area contributed by atoms with Crippen molar-refractivity contribution in [2.24, 2.45) is 4.99 Å². The van der Waals surface area contributed by atoms with E-state index in [0.29, 0.717) is 18.6 Å². The summed E-state index contributed by atoms with van der Waals surface area (Å²) in [6.45, 7) is 10.4. The Bertz CT molecular complexity index is 781. The Morgan fingerprint density at radius 2 is 1.90 bits per heavy atom. The van der Waals surface area contributed by atoms with E-state index in [1.165, 1.54) is 12.1 Å². The average Bonchev–Trinajstić information content (AvgIpc) is 3.18. The van der Waals surface area contributed by atoms with Crippen LogP contribution in [0.15, 0.2) is 41.5 Å². The minimum absolute atomic E-state index is 0. The first kappa shape index (κ1) is 24.6. The van der Waals surface area contributed by atoms with Gasteiger partial charge in [0.2, 0.25) is 0 Å². The fraction of sp³-hybridized carbons (Fsp3) is 0.545. The Hall–Kier alpha value is -1.68. The number of hydrogen-bond acceptors (Lipinski definition) is 3. The van der Waals surface area contributed by atoms with E-state index in [0.717, 1.165) is 56.2 Å². The number of hydrogen-bond donors (Lipinski definition) is 2. The summed E-state index contributed by atoms with van der Waals surface area (Å²) in [6, 6.07) is 9.42. The van der Waals surface area contributed by atoms with Crippen molar-refractivity contribution in [3.8, 4) is 5.69 Å². The molecule has 0 saturated carbocycles. The summed E-state index contributed by atoms with van der Waals surface area (Å²) in [5.74, 6) is 0.641. The molecule has 1 aliphatic heterocycles. The molecule has 8 heteroatoms. The minimum Gasteiger partial charge on any atom is -0.357 e. The van der Waals surface area contributed by atoms with Gasteiger partial charge in [-0.05, 0) is 63.9 Å². The molecule has 0 bridgehead atoms. The molecule has 0 unspecified atom stereocenters. The van der Waals surface area contributed by atoms with Crippen molar-refractivity contribution < 1.29 is 4.39 Å². The number of halogens is 2. The summed E-state index contributed by atoms with van der Waals surface area (Å²) in [7, 11) is 0. The van der Waals surface area contributed by atoms with E-state index >= 15 is 0 Å². The van der Waals surface area contributed by atoms with Crippen molar-refractivity contribution in [2.45, 2.75) is 52.1 Å². The van der Waals surface area contributed by atoms with Gasteiger partial charge in [0.05, 0.1) is 11.4 Å². The predicted octanol–water partition coefficient (Wildman–Crippen LogP) is 3.60. The molecule has 2 N–H and O–H groups in total. The third-order valence-electron chi connectivity index (χ3n) is 5.32. The van der Waals surface area contributed by atoms with Gasteiger partial charge in [-0.1, -0.05) is 0 Å². The SMILES string of the molecule is CCNC(=NCCc1ccn(-c2ccc(F)cc2)n1)NC1CCN(C(C)C)CC1.I. The van der Waals surface area contributed by atoms with Crippen molar-refractivity contribution in [3.63, 3.8) is 0 Å². The third kappa shape index (κ3) is 7.23. The second-order valence-electron chi connectivity index (χ2n) is 7.79. The van der Waals surface area contributed by atoms with Gasteiger partial charge in [-0.2, -0.15) is 5.10 Å². The molecule has 166 valence electrons. The fourth-order valence-corrected chi connectivity index (χ4v) is 3.59. The first-order chi connectivity index (χ1) is 14.0. The summed E-state index contributed by atoms with van der Waals surface area (Å²) < 4.78 is 14.8. The normalized spacial score (nSPS) is 15.8. The number of nitrogens with zero attached hydrogens (tertiary/aromatic N) is 4. The molecule has 1 aromatic carbocycles. The summed E-state index contributed by atoms with van der Waals surface area (Å²) in [5, 5.41) is 11.5. The number of piperidine rings is 1. The van der Waals surface area contributed by atoms with Gasteiger partial charge >= 0.3 is 0 Å². The van der Waals surface area contributed by atoms with E-state index < -0.39 is 0 Å². The maximum Gasteiger partial charge on any atom is 0.191 e. The average molecular weight is 528 g/mol. The molecule has 0 atom stereocenters. The smallest absolute Gasteiger partial charge is 0.191 e. The van der Waals surface area contributed by atoms with E-state index in [9.17, 15) is 4.39 Å². The van der Waals surface area contributed by atoms with Crippen molar-refractivity contribution in [2.75, 3.05) is 26.2 Å². The van der Waals surface area contributed by atoms with E-state index in [1.54, 1.807) is 16.8 Å². The number of guanidine groups is 1. The Balaban J connectivity index is 0.00000320. The molecule has 0 spiro atoms. The number of benzene rings is 1. The molecule has 6 nitrogen and oxygen atoms in total. The van der Waals surface area contributed by atoms with Crippen LogP contribution in [0.25, 0.3) is 5.69 Å². The molecule has 1 fully saturated rings. The van der Waals surface area contributed by atoms with E-state index in [-0.39, 0.29) is 29.8 Å². The van der Waals surface area contributed by atoms with Crippen LogP contribution in [0.3, 0.4) is 0 Å². The lowest BCUT2D eigenvalue weighted by Gasteiger charge is -2.35. The highest BCUT2D eigenvalue weighted by Gasteiger charge is 2.21. The Morgan fingerprint density at radius 3 is 2.53 bits per heavy atom. The number of aliphatic imine (C=N–C) groups is 1. The van der Waals surface area contributed by atoms with Crippen LogP contribution in [0.4, 0.5) is 4.39 Å². The predicted molar refractivity (Wildman–Crippen MR) is 131 cm³/mol. The number of likely N-dealkylation sites (tertiary alicyclic amines) is 1. The van der Waals surface area contributed by atoms with Gasteiger partial charge in [0, 0.05) is 50.9 Å². The quantitative estimate of drug-likeness (QED) is 0.328. The van der Waals surface area contributed by atoms with Gasteiger partial charge in [0.25, 0.3) is 0 Å². The van der Waals surface area contributed by atoms with Gasteiger partial charge in [-0.3, -0.25) is 4.99 Å². The van der Waals surface area contributed by atoms with Crippen molar-refractivity contribution in [1.29, 1.82) is 0 Å². The summed E-state index contributed by atoms with van der Waals surface area (Å²) >= 11 is 0. The first-order valence-corrected chi connectivity index (χ1v) is 10.6. The molecule has 1 saturated heterocycles. The van der Waals surface area contributed by atoms with Crippen LogP contribution in [0.1, 0.15) is 39.3 Å². The summed E-state index contributed by atoms with van der Waals surface area (Å²) in [5.41, 5.74) is 1.82. The topological polar surface area (TPSA) is 57.5 Å². The van der Waals surface area contributed by atoms with Gasteiger partial charge < -0.3 is 15.5 Å². The highest BCUT2D eigenvalue weighted by atomic mass is 127. The highest BCUT2D eigenvalue weighted by Crippen LogP contribution is 2.13. The molecule has 0 aliphatic carbocycles. The standard InChI is InChI=1S/C22H33FN6.HI/c1-4-24-22(26-19-10-14-28(15-11-19)17(2)3)25-13-9-20-12-16-29(27-20)21-7-5-18(23)6-8-21;/h5-8,12,16-17,19H,4,9-11,13-15H2,1-3H3,(H2,24,25,26);1H. The van der Waals surface area contributed by atoms with Crippen LogP contribution in [0, 0.1) is 5.82 Å². The van der Waals surface area contributed by atoms with Gasteiger partial charge in [-0.25, -0.2) is 9.07 Å². The molecule has 3 rings (SSSR count). The summed E-state index contributed by atoms with van der Waals surface area (Å²) in [4.78, 5) is 7.26. The minimum atomic E-state index is -0.242. The second-order valence-corrected chi connectivity index (χ2v) is 7.79.